The molecule has 0 bridgehead atoms. The number of amides is 2. The highest BCUT2D eigenvalue weighted by atomic mass is 16.2. The van der Waals surface area contributed by atoms with E-state index < -0.39 is 0 Å². The van der Waals surface area contributed by atoms with Crippen LogP contribution in [-0.4, -0.2) is 12.6 Å². The summed E-state index contributed by atoms with van der Waals surface area (Å²) < 4.78 is 0. The van der Waals surface area contributed by atoms with E-state index in [4.69, 9.17) is 0 Å². The third-order valence-corrected chi connectivity index (χ3v) is 2.97. The second-order valence-electron chi connectivity index (χ2n) is 4.29. The van der Waals surface area contributed by atoms with E-state index in [1.165, 1.54) is 10.8 Å². The van der Waals surface area contributed by atoms with Crippen molar-refractivity contribution in [3.05, 3.63) is 48.0 Å². The van der Waals surface area contributed by atoms with E-state index in [9.17, 15) is 4.79 Å². The van der Waals surface area contributed by atoms with Crippen molar-refractivity contribution in [1.82, 2.24) is 10.6 Å². The van der Waals surface area contributed by atoms with Gasteiger partial charge in [-0.2, -0.15) is 0 Å². The lowest BCUT2D eigenvalue weighted by Gasteiger charge is -2.16. The summed E-state index contributed by atoms with van der Waals surface area (Å²) in [7, 11) is 0. The Kier molecular flexibility index (Phi) is 3.82. The van der Waals surface area contributed by atoms with E-state index in [2.05, 4.69) is 34.9 Å². The Labute approximate surface area is 107 Å². The van der Waals surface area contributed by atoms with Gasteiger partial charge in [0.25, 0.3) is 0 Å². The van der Waals surface area contributed by atoms with Gasteiger partial charge in [-0.25, -0.2) is 4.79 Å². The first-order chi connectivity index (χ1) is 8.72. The monoisotopic (exact) mass is 242 g/mol. The molecule has 0 aliphatic carbocycles. The molecule has 2 rings (SSSR count). The molecule has 0 aliphatic heterocycles. The molecule has 1 atom stereocenters. The molecule has 0 aliphatic rings. The topological polar surface area (TPSA) is 41.1 Å². The zero-order chi connectivity index (χ0) is 13.0. The van der Waals surface area contributed by atoms with E-state index >= 15 is 0 Å². The van der Waals surface area contributed by atoms with Crippen LogP contribution in [-0.2, 0) is 0 Å². The van der Waals surface area contributed by atoms with Crippen LogP contribution in [0.25, 0.3) is 10.8 Å². The van der Waals surface area contributed by atoms with Gasteiger partial charge in [0, 0.05) is 6.54 Å². The van der Waals surface area contributed by atoms with Crippen LogP contribution < -0.4 is 10.6 Å². The highest BCUT2D eigenvalue weighted by Crippen LogP contribution is 2.23. The average molecular weight is 242 g/mol. The smallest absolute Gasteiger partial charge is 0.315 e. The van der Waals surface area contributed by atoms with Gasteiger partial charge in [0.2, 0.25) is 0 Å². The van der Waals surface area contributed by atoms with Crippen molar-refractivity contribution in [2.45, 2.75) is 19.9 Å². The SMILES string of the molecule is CCNC(=O)N[C@@H](C)c1cccc2ccccc12. The molecule has 0 radical (unpaired) electrons. The fraction of sp³-hybridized carbons (Fsp3) is 0.267. The van der Waals surface area contributed by atoms with E-state index in [1.54, 1.807) is 0 Å². The zero-order valence-electron chi connectivity index (χ0n) is 10.7. The Morgan fingerprint density at radius 1 is 1.17 bits per heavy atom. The molecule has 2 aromatic rings. The van der Waals surface area contributed by atoms with Crippen molar-refractivity contribution in [2.75, 3.05) is 6.54 Å². The number of urea groups is 1. The molecule has 94 valence electrons. The van der Waals surface area contributed by atoms with Crippen LogP contribution in [0.5, 0.6) is 0 Å². The normalized spacial score (nSPS) is 12.1. The number of nitrogens with one attached hydrogen (secondary N) is 2. The number of carbonyl (C=O) groups is 1. The maximum Gasteiger partial charge on any atom is 0.315 e. The zero-order valence-corrected chi connectivity index (χ0v) is 10.7. The summed E-state index contributed by atoms with van der Waals surface area (Å²) in [6.07, 6.45) is 0. The molecule has 0 unspecified atom stereocenters. The second-order valence-corrected chi connectivity index (χ2v) is 4.29. The van der Waals surface area contributed by atoms with E-state index in [0.717, 1.165) is 5.56 Å². The molecule has 2 amide bonds. The first-order valence-corrected chi connectivity index (χ1v) is 6.24. The van der Waals surface area contributed by atoms with Crippen LogP contribution in [0, 0.1) is 0 Å². The second kappa shape index (κ2) is 5.54. The molecule has 3 nitrogen and oxygen atoms in total. The molecule has 2 aromatic carbocycles. The minimum absolute atomic E-state index is 0.0114. The van der Waals surface area contributed by atoms with Gasteiger partial charge in [-0.15, -0.1) is 0 Å². The quantitative estimate of drug-likeness (QED) is 0.852. The summed E-state index contributed by atoms with van der Waals surface area (Å²) in [6, 6.07) is 14.2. The van der Waals surface area contributed by atoms with Gasteiger partial charge in [-0.05, 0) is 30.2 Å². The number of hydrogen-bond donors (Lipinski definition) is 2. The highest BCUT2D eigenvalue weighted by Gasteiger charge is 2.11. The molecule has 0 heterocycles. The minimum Gasteiger partial charge on any atom is -0.338 e. The van der Waals surface area contributed by atoms with Crippen LogP contribution in [0.2, 0.25) is 0 Å². The lowest BCUT2D eigenvalue weighted by atomic mass is 10.00. The standard InChI is InChI=1S/C15H18N2O/c1-3-16-15(18)17-11(2)13-10-6-8-12-7-4-5-9-14(12)13/h4-11H,3H2,1-2H3,(H2,16,17,18)/t11-/m0/s1. The van der Waals surface area contributed by atoms with Crippen LogP contribution in [0.15, 0.2) is 42.5 Å². The van der Waals surface area contributed by atoms with E-state index in [1.807, 2.05) is 32.0 Å². The van der Waals surface area contributed by atoms with Gasteiger partial charge < -0.3 is 10.6 Å². The molecular weight excluding hydrogens is 224 g/mol. The van der Waals surface area contributed by atoms with Crippen molar-refractivity contribution >= 4 is 16.8 Å². The van der Waals surface area contributed by atoms with Gasteiger partial charge in [0.15, 0.2) is 0 Å². The molecule has 0 aromatic heterocycles. The summed E-state index contributed by atoms with van der Waals surface area (Å²) in [5, 5.41) is 8.06. The molecule has 3 heteroatoms. The lowest BCUT2D eigenvalue weighted by Crippen LogP contribution is -2.36. The van der Waals surface area contributed by atoms with Crippen LogP contribution >= 0.6 is 0 Å². The maximum atomic E-state index is 11.5. The molecule has 0 fully saturated rings. The first kappa shape index (κ1) is 12.4. The Morgan fingerprint density at radius 2 is 1.89 bits per heavy atom. The van der Waals surface area contributed by atoms with Crippen LogP contribution in [0.4, 0.5) is 4.79 Å². The maximum absolute atomic E-state index is 11.5. The van der Waals surface area contributed by atoms with Crippen molar-refractivity contribution in [3.8, 4) is 0 Å². The first-order valence-electron chi connectivity index (χ1n) is 6.24. The van der Waals surface area contributed by atoms with Crippen molar-refractivity contribution < 1.29 is 4.79 Å². The summed E-state index contributed by atoms with van der Waals surface area (Å²) in [5.41, 5.74) is 1.14. The number of fused-ring (bicyclic) bond motifs is 1. The molecule has 0 spiro atoms. The van der Waals surface area contributed by atoms with Crippen LogP contribution in [0.1, 0.15) is 25.5 Å². The molecule has 0 saturated heterocycles. The van der Waals surface area contributed by atoms with Crippen molar-refractivity contribution in [1.29, 1.82) is 0 Å². The van der Waals surface area contributed by atoms with Crippen LogP contribution in [0.3, 0.4) is 0 Å². The summed E-state index contributed by atoms with van der Waals surface area (Å²) in [6.45, 7) is 4.53. The summed E-state index contributed by atoms with van der Waals surface area (Å²) in [5.74, 6) is 0. The average Bonchev–Trinajstić information content (AvgIpc) is 2.38. The van der Waals surface area contributed by atoms with Gasteiger partial charge >= 0.3 is 6.03 Å². The number of carbonyl (C=O) groups excluding carboxylic acids is 1. The number of benzene rings is 2. The Balaban J connectivity index is 2.27. The van der Waals surface area contributed by atoms with E-state index in [-0.39, 0.29) is 12.1 Å². The third-order valence-electron chi connectivity index (χ3n) is 2.97. The Hall–Kier alpha value is -2.03. The molecule has 18 heavy (non-hydrogen) atoms. The summed E-state index contributed by atoms with van der Waals surface area (Å²) >= 11 is 0. The summed E-state index contributed by atoms with van der Waals surface area (Å²) in [4.78, 5) is 11.5. The fourth-order valence-electron chi connectivity index (χ4n) is 2.11. The van der Waals surface area contributed by atoms with Gasteiger partial charge in [0.05, 0.1) is 6.04 Å². The largest absolute Gasteiger partial charge is 0.338 e. The molecule has 0 saturated carbocycles. The predicted octanol–water partition coefficient (Wildman–Crippen LogP) is 3.22. The molecular formula is C15H18N2O. The van der Waals surface area contributed by atoms with Gasteiger partial charge in [-0.3, -0.25) is 0 Å². The van der Waals surface area contributed by atoms with Crippen molar-refractivity contribution in [3.63, 3.8) is 0 Å². The lowest BCUT2D eigenvalue weighted by molar-refractivity contribution is 0.238. The third kappa shape index (κ3) is 2.62. The Morgan fingerprint density at radius 3 is 2.67 bits per heavy atom. The van der Waals surface area contributed by atoms with Gasteiger partial charge in [0.1, 0.15) is 0 Å². The van der Waals surface area contributed by atoms with Crippen molar-refractivity contribution in [2.24, 2.45) is 0 Å². The number of hydrogen-bond acceptors (Lipinski definition) is 1. The van der Waals surface area contributed by atoms with E-state index in [0.29, 0.717) is 6.54 Å². The number of rotatable bonds is 3. The Bertz CT molecular complexity index is 546. The minimum atomic E-state index is -0.127. The predicted molar refractivity (Wildman–Crippen MR) is 74.6 cm³/mol. The highest BCUT2D eigenvalue weighted by molar-refractivity contribution is 5.86. The van der Waals surface area contributed by atoms with Gasteiger partial charge in [-0.1, -0.05) is 42.5 Å². The fourth-order valence-corrected chi connectivity index (χ4v) is 2.11. The molecule has 2 N–H and O–H groups in total.